The first-order chi connectivity index (χ1) is 19.4. The van der Waals surface area contributed by atoms with Crippen molar-refractivity contribution in [2.75, 3.05) is 13.1 Å². The van der Waals surface area contributed by atoms with Crippen LogP contribution in [0.4, 0.5) is 8.78 Å². The van der Waals surface area contributed by atoms with E-state index in [1.54, 1.807) is 21.9 Å². The van der Waals surface area contributed by atoms with Crippen molar-refractivity contribution in [3.63, 3.8) is 0 Å². The summed E-state index contributed by atoms with van der Waals surface area (Å²) in [5, 5.41) is 0. The fourth-order valence-electron chi connectivity index (χ4n) is 4.61. The molecule has 0 radical (unpaired) electrons. The molecule has 0 spiro atoms. The van der Waals surface area contributed by atoms with Crippen LogP contribution in [0.25, 0.3) is 0 Å². The van der Waals surface area contributed by atoms with Gasteiger partial charge in [0.05, 0.1) is 6.54 Å². The molecule has 0 bridgehead atoms. The van der Waals surface area contributed by atoms with Crippen LogP contribution in [-0.2, 0) is 24.4 Å². The summed E-state index contributed by atoms with van der Waals surface area (Å²) >= 11 is 0. The molecule has 0 aliphatic heterocycles. The predicted molar refractivity (Wildman–Crippen MR) is 152 cm³/mol. The lowest BCUT2D eigenvalue weighted by atomic mass is 10.1. The highest BCUT2D eigenvalue weighted by atomic mass is 19.1. The molecule has 4 rings (SSSR count). The van der Waals surface area contributed by atoms with Gasteiger partial charge in [-0.15, -0.1) is 0 Å². The molecule has 0 atom stereocenters. The van der Waals surface area contributed by atoms with E-state index < -0.39 is 5.82 Å². The van der Waals surface area contributed by atoms with E-state index in [1.165, 1.54) is 36.4 Å². The molecular formula is C33H35F2N3O2. The number of hydrogen-bond acceptors (Lipinski definition) is 2. The lowest BCUT2D eigenvalue weighted by Crippen LogP contribution is -2.43. The molecule has 3 aromatic carbocycles. The Hall–Kier alpha value is -4.26. The zero-order valence-electron chi connectivity index (χ0n) is 22.8. The number of rotatable bonds is 13. The SMILES string of the molecule is CCCCCN(CC(=O)N(Cc1ccccc1)Cc1cccn1Cc1ccc(F)cc1)C(=O)c1ccc(F)cc1. The van der Waals surface area contributed by atoms with Gasteiger partial charge >= 0.3 is 0 Å². The molecule has 0 saturated carbocycles. The summed E-state index contributed by atoms with van der Waals surface area (Å²) in [6.45, 7) is 3.72. The van der Waals surface area contributed by atoms with Gasteiger partial charge in [-0.2, -0.15) is 0 Å². The summed E-state index contributed by atoms with van der Waals surface area (Å²) in [6, 6.07) is 25.5. The van der Waals surface area contributed by atoms with E-state index in [4.69, 9.17) is 0 Å². The third-order valence-corrected chi connectivity index (χ3v) is 6.85. The Morgan fingerprint density at radius 2 is 1.40 bits per heavy atom. The predicted octanol–water partition coefficient (Wildman–Crippen LogP) is 6.68. The minimum absolute atomic E-state index is 0.0779. The van der Waals surface area contributed by atoms with E-state index in [0.29, 0.717) is 31.7 Å². The van der Waals surface area contributed by atoms with Crippen LogP contribution in [0.2, 0.25) is 0 Å². The molecule has 4 aromatic rings. The molecule has 5 nitrogen and oxygen atoms in total. The number of hydrogen-bond donors (Lipinski definition) is 0. The fraction of sp³-hybridized carbons (Fsp3) is 0.273. The number of carbonyl (C=O) groups excluding carboxylic acids is 2. The van der Waals surface area contributed by atoms with E-state index in [0.717, 1.165) is 36.1 Å². The van der Waals surface area contributed by atoms with E-state index in [2.05, 4.69) is 6.92 Å². The smallest absolute Gasteiger partial charge is 0.254 e. The Kier molecular flexibility index (Phi) is 10.2. The van der Waals surface area contributed by atoms with Crippen LogP contribution in [0.3, 0.4) is 0 Å². The largest absolute Gasteiger partial charge is 0.345 e. The molecule has 1 heterocycles. The van der Waals surface area contributed by atoms with Crippen molar-refractivity contribution in [2.24, 2.45) is 0 Å². The summed E-state index contributed by atoms with van der Waals surface area (Å²) in [7, 11) is 0. The van der Waals surface area contributed by atoms with Gasteiger partial charge in [0.25, 0.3) is 5.91 Å². The normalized spacial score (nSPS) is 10.9. The Balaban J connectivity index is 1.55. The summed E-state index contributed by atoms with van der Waals surface area (Å²) in [4.78, 5) is 30.5. The van der Waals surface area contributed by atoms with Gasteiger partial charge in [-0.1, -0.05) is 62.2 Å². The van der Waals surface area contributed by atoms with Gasteiger partial charge in [0, 0.05) is 37.1 Å². The third kappa shape index (κ3) is 8.12. The molecule has 7 heteroatoms. The second-order valence-corrected chi connectivity index (χ2v) is 9.93. The Bertz CT molecular complexity index is 1370. The van der Waals surface area contributed by atoms with Crippen molar-refractivity contribution in [3.05, 3.63) is 131 Å². The monoisotopic (exact) mass is 543 g/mol. The van der Waals surface area contributed by atoms with Crippen LogP contribution in [0.15, 0.2) is 97.2 Å². The van der Waals surface area contributed by atoms with E-state index >= 15 is 0 Å². The van der Waals surface area contributed by atoms with Crippen LogP contribution in [0.5, 0.6) is 0 Å². The number of aromatic nitrogens is 1. The second kappa shape index (κ2) is 14.2. The highest BCUT2D eigenvalue weighted by Gasteiger charge is 2.23. The Morgan fingerprint density at radius 1 is 0.725 bits per heavy atom. The van der Waals surface area contributed by atoms with E-state index in [-0.39, 0.29) is 24.2 Å². The Labute approximate surface area is 234 Å². The molecule has 2 amide bonds. The van der Waals surface area contributed by atoms with Crippen LogP contribution >= 0.6 is 0 Å². The van der Waals surface area contributed by atoms with Crippen molar-refractivity contribution < 1.29 is 18.4 Å². The quantitative estimate of drug-likeness (QED) is 0.177. The Morgan fingerprint density at radius 3 is 2.08 bits per heavy atom. The number of unbranched alkanes of at least 4 members (excludes halogenated alkanes) is 2. The number of carbonyl (C=O) groups is 2. The minimum Gasteiger partial charge on any atom is -0.345 e. The number of nitrogens with zero attached hydrogens (tertiary/aromatic N) is 3. The second-order valence-electron chi connectivity index (χ2n) is 9.93. The molecule has 0 unspecified atom stereocenters. The molecule has 0 aliphatic carbocycles. The average Bonchev–Trinajstić information content (AvgIpc) is 3.40. The van der Waals surface area contributed by atoms with Gasteiger partial charge in [0.15, 0.2) is 0 Å². The van der Waals surface area contributed by atoms with Gasteiger partial charge in [-0.05, 0) is 66.1 Å². The van der Waals surface area contributed by atoms with Gasteiger partial charge in [-0.3, -0.25) is 9.59 Å². The first-order valence-corrected chi connectivity index (χ1v) is 13.7. The number of amides is 2. The third-order valence-electron chi connectivity index (χ3n) is 6.85. The first-order valence-electron chi connectivity index (χ1n) is 13.7. The van der Waals surface area contributed by atoms with E-state index in [9.17, 15) is 18.4 Å². The topological polar surface area (TPSA) is 45.6 Å². The van der Waals surface area contributed by atoms with Crippen LogP contribution in [0.1, 0.15) is 53.4 Å². The number of halogens is 2. The summed E-state index contributed by atoms with van der Waals surface area (Å²) in [5.74, 6) is -1.16. The van der Waals surface area contributed by atoms with Crippen molar-refractivity contribution >= 4 is 11.8 Å². The first kappa shape index (κ1) is 28.7. The molecule has 1 aromatic heterocycles. The summed E-state index contributed by atoms with van der Waals surface area (Å²) in [6.07, 6.45) is 4.64. The lowest BCUT2D eigenvalue weighted by Gasteiger charge is -2.28. The summed E-state index contributed by atoms with van der Waals surface area (Å²) < 4.78 is 28.9. The molecule has 0 fully saturated rings. The fourth-order valence-corrected chi connectivity index (χ4v) is 4.61. The maximum atomic E-state index is 13.8. The van der Waals surface area contributed by atoms with Crippen LogP contribution in [0, 0.1) is 11.6 Å². The van der Waals surface area contributed by atoms with Gasteiger partial charge in [-0.25, -0.2) is 8.78 Å². The number of benzene rings is 3. The minimum atomic E-state index is -0.414. The van der Waals surface area contributed by atoms with Crippen molar-refractivity contribution in [2.45, 2.75) is 45.8 Å². The zero-order chi connectivity index (χ0) is 28.3. The molecule has 0 aliphatic rings. The van der Waals surface area contributed by atoms with Crippen LogP contribution < -0.4 is 0 Å². The molecule has 0 saturated heterocycles. The van der Waals surface area contributed by atoms with E-state index in [1.807, 2.05) is 53.2 Å². The average molecular weight is 544 g/mol. The van der Waals surface area contributed by atoms with Crippen molar-refractivity contribution in [1.29, 1.82) is 0 Å². The summed E-state index contributed by atoms with van der Waals surface area (Å²) in [5.41, 5.74) is 3.21. The van der Waals surface area contributed by atoms with Crippen LogP contribution in [-0.4, -0.2) is 39.3 Å². The van der Waals surface area contributed by atoms with Gasteiger partial charge in [0.2, 0.25) is 5.91 Å². The maximum Gasteiger partial charge on any atom is 0.254 e. The molecular weight excluding hydrogens is 508 g/mol. The van der Waals surface area contributed by atoms with Crippen molar-refractivity contribution in [1.82, 2.24) is 14.4 Å². The zero-order valence-corrected chi connectivity index (χ0v) is 22.8. The highest BCUT2D eigenvalue weighted by Crippen LogP contribution is 2.16. The van der Waals surface area contributed by atoms with Gasteiger partial charge < -0.3 is 14.4 Å². The molecule has 208 valence electrons. The standard InChI is InChI=1S/C33H35F2N3O2/c1-2-3-7-20-37(33(40)28-14-18-30(35)19-15-28)25-32(39)38(23-26-9-5-4-6-10-26)24-31-11-8-21-36(31)22-27-12-16-29(34)17-13-27/h4-6,8-19,21H,2-3,7,20,22-25H2,1H3. The maximum absolute atomic E-state index is 13.8. The lowest BCUT2D eigenvalue weighted by molar-refractivity contribution is -0.133. The molecule has 0 N–H and O–H groups in total. The highest BCUT2D eigenvalue weighted by molar-refractivity contribution is 5.96. The van der Waals surface area contributed by atoms with Crippen molar-refractivity contribution in [3.8, 4) is 0 Å². The molecule has 40 heavy (non-hydrogen) atoms. The van der Waals surface area contributed by atoms with Gasteiger partial charge in [0.1, 0.15) is 18.2 Å².